The van der Waals surface area contributed by atoms with Crippen LogP contribution >= 0.6 is 0 Å². The van der Waals surface area contributed by atoms with Crippen molar-refractivity contribution < 1.29 is 10.3 Å². The van der Waals surface area contributed by atoms with E-state index in [-0.39, 0.29) is 12.1 Å². The molecule has 0 aromatic heterocycles. The van der Waals surface area contributed by atoms with Crippen molar-refractivity contribution in [2.24, 2.45) is 0 Å². The van der Waals surface area contributed by atoms with Gasteiger partial charge in [0, 0.05) is 0 Å². The lowest BCUT2D eigenvalue weighted by atomic mass is 9.99. The highest BCUT2D eigenvalue weighted by molar-refractivity contribution is 5.29. The molecule has 0 aliphatic carbocycles. The molecule has 0 atom stereocenters. The molecule has 3 nitrogen and oxygen atoms in total. The molecule has 0 amide bonds. The SMILES string of the molecule is CC1(C)C=C(CO)C(C)(C)[15N]1O. The van der Waals surface area contributed by atoms with Crippen molar-refractivity contribution in [3.8, 4) is 0 Å². The summed E-state index contributed by atoms with van der Waals surface area (Å²) in [5.74, 6) is 0. The molecule has 0 aromatic rings. The molecule has 0 spiro atoms. The molecular formula is C9H17NO2. The Hall–Kier alpha value is -0.380. The van der Waals surface area contributed by atoms with Crippen LogP contribution in [0.25, 0.3) is 0 Å². The fourth-order valence-corrected chi connectivity index (χ4v) is 1.76. The Morgan fingerprint density at radius 3 is 2.00 bits per heavy atom. The highest BCUT2D eigenvalue weighted by Crippen LogP contribution is 2.37. The summed E-state index contributed by atoms with van der Waals surface area (Å²) in [5.41, 5.74) is 0.0507. The number of hydrogen-bond acceptors (Lipinski definition) is 3. The molecule has 12 heavy (non-hydrogen) atoms. The average Bonchev–Trinajstić information content (AvgIpc) is 2.11. The Bertz CT molecular complexity index is 219. The van der Waals surface area contributed by atoms with E-state index in [1.54, 1.807) is 0 Å². The van der Waals surface area contributed by atoms with E-state index in [0.717, 1.165) is 5.57 Å². The van der Waals surface area contributed by atoms with Gasteiger partial charge in [-0.05, 0) is 33.3 Å². The third kappa shape index (κ3) is 1.18. The van der Waals surface area contributed by atoms with E-state index in [2.05, 4.69) is 0 Å². The fourth-order valence-electron chi connectivity index (χ4n) is 1.76. The molecule has 1 rings (SSSR count). The van der Waals surface area contributed by atoms with Gasteiger partial charge in [0.05, 0.1) is 17.7 Å². The first-order valence-corrected chi connectivity index (χ1v) is 4.14. The van der Waals surface area contributed by atoms with Crippen molar-refractivity contribution in [1.29, 1.82) is 0 Å². The van der Waals surface area contributed by atoms with Crippen LogP contribution in [0.4, 0.5) is 0 Å². The van der Waals surface area contributed by atoms with Gasteiger partial charge in [-0.3, -0.25) is 0 Å². The van der Waals surface area contributed by atoms with Crippen LogP contribution in [-0.4, -0.2) is 33.1 Å². The Kier molecular flexibility index (Phi) is 2.07. The van der Waals surface area contributed by atoms with E-state index in [0.29, 0.717) is 0 Å². The third-order valence-corrected chi connectivity index (χ3v) is 2.56. The van der Waals surface area contributed by atoms with Crippen molar-refractivity contribution in [3.63, 3.8) is 0 Å². The summed E-state index contributed by atoms with van der Waals surface area (Å²) in [6.07, 6.45) is 1.91. The van der Waals surface area contributed by atoms with Crippen molar-refractivity contribution in [2.45, 2.75) is 38.8 Å². The minimum atomic E-state index is -0.446. The van der Waals surface area contributed by atoms with Crippen LogP contribution in [0.2, 0.25) is 0 Å². The summed E-state index contributed by atoms with van der Waals surface area (Å²) >= 11 is 0. The van der Waals surface area contributed by atoms with Crippen LogP contribution in [-0.2, 0) is 0 Å². The second kappa shape index (κ2) is 2.55. The van der Waals surface area contributed by atoms with Crippen LogP contribution in [0.15, 0.2) is 11.6 Å². The minimum Gasteiger partial charge on any atom is -0.392 e. The quantitative estimate of drug-likeness (QED) is 0.461. The number of rotatable bonds is 1. The molecule has 0 bridgehead atoms. The maximum atomic E-state index is 9.76. The number of hydrogen-bond donors (Lipinski definition) is 2. The van der Waals surface area contributed by atoms with Crippen LogP contribution in [0.3, 0.4) is 0 Å². The molecule has 2 N–H and O–H groups in total. The van der Waals surface area contributed by atoms with Gasteiger partial charge in [0.25, 0.3) is 0 Å². The molecule has 0 saturated heterocycles. The highest BCUT2D eigenvalue weighted by atomic mass is 16.8. The number of hydroxylamine groups is 2. The molecule has 0 aromatic carbocycles. The Morgan fingerprint density at radius 1 is 1.33 bits per heavy atom. The Balaban J connectivity index is 3.03. The standard InChI is InChI=1S/C9H17NO2/c1-8(2)5-7(6-11)9(3,4)10(8)12/h5,11-12H,6H2,1-4H3/i10+1. The molecule has 3 heteroatoms. The second-order valence-corrected chi connectivity index (χ2v) is 4.35. The van der Waals surface area contributed by atoms with E-state index in [9.17, 15) is 5.21 Å². The van der Waals surface area contributed by atoms with Crippen molar-refractivity contribution in [1.82, 2.24) is 5.06 Å². The molecule has 0 radical (unpaired) electrons. The first-order chi connectivity index (χ1) is 5.32. The zero-order valence-electron chi connectivity index (χ0n) is 8.13. The lowest BCUT2D eigenvalue weighted by Gasteiger charge is -2.35. The molecular weight excluding hydrogens is 155 g/mol. The van der Waals surface area contributed by atoms with Gasteiger partial charge in [-0.2, -0.15) is 5.06 Å². The predicted octanol–water partition coefficient (Wildman–Crippen LogP) is 1.17. The van der Waals surface area contributed by atoms with Gasteiger partial charge in [-0.25, -0.2) is 0 Å². The monoisotopic (exact) mass is 172 g/mol. The number of nitrogens with zero attached hydrogens (tertiary/aromatic N) is 1. The van der Waals surface area contributed by atoms with Gasteiger partial charge >= 0.3 is 0 Å². The predicted molar refractivity (Wildman–Crippen MR) is 47.0 cm³/mol. The van der Waals surface area contributed by atoms with Crippen LogP contribution in [0.1, 0.15) is 27.7 Å². The molecule has 1 aliphatic rings. The van der Waals surface area contributed by atoms with Gasteiger partial charge in [-0.15, -0.1) is 0 Å². The molecule has 0 unspecified atom stereocenters. The molecule has 1 heterocycles. The smallest absolute Gasteiger partial charge is 0.0660 e. The zero-order chi connectivity index (χ0) is 9.57. The summed E-state index contributed by atoms with van der Waals surface area (Å²) in [6, 6.07) is 0. The van der Waals surface area contributed by atoms with Gasteiger partial charge < -0.3 is 10.3 Å². The molecule has 0 saturated carbocycles. The largest absolute Gasteiger partial charge is 0.392 e. The summed E-state index contributed by atoms with van der Waals surface area (Å²) in [7, 11) is 0. The summed E-state index contributed by atoms with van der Waals surface area (Å²) in [5, 5.41) is 20.1. The normalized spacial score (nSPS) is 27.3. The fraction of sp³-hybridized carbons (Fsp3) is 0.778. The summed E-state index contributed by atoms with van der Waals surface area (Å²) in [4.78, 5) is 0. The molecule has 70 valence electrons. The minimum absolute atomic E-state index is 0.00743. The first kappa shape index (κ1) is 9.71. The topological polar surface area (TPSA) is 43.7 Å². The van der Waals surface area contributed by atoms with E-state index < -0.39 is 5.54 Å². The third-order valence-electron chi connectivity index (χ3n) is 2.56. The van der Waals surface area contributed by atoms with Crippen LogP contribution < -0.4 is 0 Å². The van der Waals surface area contributed by atoms with Crippen molar-refractivity contribution in [3.05, 3.63) is 11.6 Å². The van der Waals surface area contributed by atoms with E-state index in [4.69, 9.17) is 5.11 Å². The maximum Gasteiger partial charge on any atom is 0.0660 e. The summed E-state index contributed by atoms with van der Waals surface area (Å²) in [6.45, 7) is 7.62. The Morgan fingerprint density at radius 2 is 1.83 bits per heavy atom. The van der Waals surface area contributed by atoms with E-state index in [1.807, 2.05) is 33.8 Å². The van der Waals surface area contributed by atoms with Crippen molar-refractivity contribution >= 4 is 0 Å². The number of aliphatic hydroxyl groups is 1. The zero-order valence-corrected chi connectivity index (χ0v) is 8.13. The van der Waals surface area contributed by atoms with Gasteiger partial charge in [0.2, 0.25) is 0 Å². The van der Waals surface area contributed by atoms with Crippen LogP contribution in [0.5, 0.6) is 0 Å². The van der Waals surface area contributed by atoms with Crippen LogP contribution in [0, 0.1) is 0 Å². The van der Waals surface area contributed by atoms with E-state index in [1.165, 1.54) is 5.06 Å². The summed E-state index contributed by atoms with van der Waals surface area (Å²) < 4.78 is 0. The van der Waals surface area contributed by atoms with Gasteiger partial charge in [0.1, 0.15) is 0 Å². The molecule has 1 aliphatic heterocycles. The van der Waals surface area contributed by atoms with Gasteiger partial charge in [0.15, 0.2) is 0 Å². The second-order valence-electron chi connectivity index (χ2n) is 4.35. The first-order valence-electron chi connectivity index (χ1n) is 4.14. The molecule has 0 fully saturated rings. The average molecular weight is 172 g/mol. The highest BCUT2D eigenvalue weighted by Gasteiger charge is 2.44. The van der Waals surface area contributed by atoms with Gasteiger partial charge in [-0.1, -0.05) is 6.08 Å². The lowest BCUT2D eigenvalue weighted by molar-refractivity contribution is -0.186. The maximum absolute atomic E-state index is 9.76. The van der Waals surface area contributed by atoms with E-state index >= 15 is 0 Å². The number of aliphatic hydroxyl groups excluding tert-OH is 1. The lowest BCUT2D eigenvalue weighted by Crippen LogP contribution is -2.48. The Labute approximate surface area is 73.3 Å². The van der Waals surface area contributed by atoms with Crippen molar-refractivity contribution in [2.75, 3.05) is 6.61 Å².